The fraction of sp³-hybridized carbons (Fsp3) is 0.211. The van der Waals surface area contributed by atoms with Crippen molar-refractivity contribution in [1.82, 2.24) is 14.7 Å². The van der Waals surface area contributed by atoms with Gasteiger partial charge in [0.15, 0.2) is 5.03 Å². The SMILES string of the molecule is O=S(=O)(NC1COC1)c1cnc(C(c2ccc(F)c(Cl)c2)c2ccc(F)c(Cl)c2)[nH]1. The highest BCUT2D eigenvalue weighted by Gasteiger charge is 2.29. The smallest absolute Gasteiger partial charge is 0.258 e. The van der Waals surface area contributed by atoms with E-state index in [2.05, 4.69) is 14.7 Å². The summed E-state index contributed by atoms with van der Waals surface area (Å²) in [7, 11) is -3.85. The third-order valence-electron chi connectivity index (χ3n) is 4.65. The third-order valence-corrected chi connectivity index (χ3v) is 6.66. The second-order valence-electron chi connectivity index (χ2n) is 6.77. The highest BCUT2D eigenvalue weighted by Crippen LogP contribution is 2.34. The van der Waals surface area contributed by atoms with Gasteiger partial charge >= 0.3 is 0 Å². The summed E-state index contributed by atoms with van der Waals surface area (Å²) in [5.74, 6) is -1.67. The van der Waals surface area contributed by atoms with Gasteiger partial charge in [-0.1, -0.05) is 35.3 Å². The van der Waals surface area contributed by atoms with Crippen molar-refractivity contribution >= 4 is 33.2 Å². The molecule has 0 saturated carbocycles. The lowest BCUT2D eigenvalue weighted by Crippen LogP contribution is -2.48. The Balaban J connectivity index is 1.77. The Kier molecular flexibility index (Phi) is 5.82. The predicted molar refractivity (Wildman–Crippen MR) is 107 cm³/mol. The summed E-state index contributed by atoms with van der Waals surface area (Å²) < 4.78 is 60.0. The van der Waals surface area contributed by atoms with Crippen LogP contribution in [0.1, 0.15) is 22.9 Å². The largest absolute Gasteiger partial charge is 0.378 e. The molecule has 2 N–H and O–H groups in total. The summed E-state index contributed by atoms with van der Waals surface area (Å²) in [6.45, 7) is 0.593. The topological polar surface area (TPSA) is 84.1 Å². The highest BCUT2D eigenvalue weighted by atomic mass is 35.5. The number of aromatic nitrogens is 2. The molecule has 3 aromatic rings. The van der Waals surface area contributed by atoms with Crippen LogP contribution in [0.3, 0.4) is 0 Å². The molecule has 158 valence electrons. The van der Waals surface area contributed by atoms with Gasteiger partial charge in [0.2, 0.25) is 0 Å². The fourth-order valence-corrected chi connectivity index (χ4v) is 4.59. The monoisotopic (exact) mass is 473 g/mol. The molecule has 11 heteroatoms. The van der Waals surface area contributed by atoms with Crippen LogP contribution in [0, 0.1) is 11.6 Å². The summed E-state index contributed by atoms with van der Waals surface area (Å²) in [6.07, 6.45) is 1.18. The minimum absolute atomic E-state index is 0.114. The number of nitrogens with one attached hydrogen (secondary N) is 2. The molecule has 4 rings (SSSR count). The summed E-state index contributed by atoms with van der Waals surface area (Å²) >= 11 is 11.9. The van der Waals surface area contributed by atoms with E-state index in [-0.39, 0.29) is 26.9 Å². The maximum atomic E-state index is 13.7. The first-order valence-corrected chi connectivity index (χ1v) is 11.0. The van der Waals surface area contributed by atoms with E-state index < -0.39 is 27.6 Å². The van der Waals surface area contributed by atoms with Crippen molar-refractivity contribution < 1.29 is 21.9 Å². The van der Waals surface area contributed by atoms with E-state index in [4.69, 9.17) is 27.9 Å². The lowest BCUT2D eigenvalue weighted by molar-refractivity contribution is 0.00479. The second kappa shape index (κ2) is 8.24. The number of ether oxygens (including phenoxy) is 1. The van der Waals surface area contributed by atoms with Gasteiger partial charge in [-0.2, -0.15) is 0 Å². The molecule has 0 amide bonds. The van der Waals surface area contributed by atoms with Gasteiger partial charge in [-0.15, -0.1) is 0 Å². The van der Waals surface area contributed by atoms with Gasteiger partial charge in [-0.25, -0.2) is 26.9 Å². The van der Waals surface area contributed by atoms with Gasteiger partial charge in [-0.05, 0) is 35.4 Å². The first-order valence-electron chi connectivity index (χ1n) is 8.79. The van der Waals surface area contributed by atoms with Crippen molar-refractivity contribution in [2.45, 2.75) is 17.0 Å². The molecule has 30 heavy (non-hydrogen) atoms. The molecule has 0 atom stereocenters. The number of sulfonamides is 1. The van der Waals surface area contributed by atoms with Gasteiger partial charge in [0.05, 0.1) is 41.4 Å². The van der Waals surface area contributed by atoms with Crippen molar-refractivity contribution in [2.24, 2.45) is 0 Å². The Morgan fingerprint density at radius 1 is 1.07 bits per heavy atom. The van der Waals surface area contributed by atoms with E-state index in [9.17, 15) is 17.2 Å². The van der Waals surface area contributed by atoms with Crippen LogP contribution in [0.2, 0.25) is 10.0 Å². The van der Waals surface area contributed by atoms with Gasteiger partial charge in [0.1, 0.15) is 17.5 Å². The molecule has 0 bridgehead atoms. The maximum Gasteiger partial charge on any atom is 0.258 e. The minimum Gasteiger partial charge on any atom is -0.378 e. The van der Waals surface area contributed by atoms with Crippen LogP contribution in [-0.4, -0.2) is 37.6 Å². The Morgan fingerprint density at radius 3 is 2.10 bits per heavy atom. The molecule has 1 saturated heterocycles. The number of benzene rings is 2. The summed E-state index contributed by atoms with van der Waals surface area (Å²) in [6, 6.07) is 7.86. The second-order valence-corrected chi connectivity index (χ2v) is 9.27. The van der Waals surface area contributed by atoms with Crippen molar-refractivity contribution in [1.29, 1.82) is 0 Å². The molecule has 0 radical (unpaired) electrons. The van der Waals surface area contributed by atoms with Crippen LogP contribution in [0.25, 0.3) is 0 Å². The number of H-pyrrole nitrogens is 1. The van der Waals surface area contributed by atoms with E-state index in [1.54, 1.807) is 0 Å². The Morgan fingerprint density at radius 2 is 1.63 bits per heavy atom. The Labute approximate surface area is 181 Å². The molecule has 1 aliphatic heterocycles. The molecule has 2 heterocycles. The molecule has 0 spiro atoms. The van der Waals surface area contributed by atoms with Crippen molar-refractivity contribution in [3.8, 4) is 0 Å². The van der Waals surface area contributed by atoms with Gasteiger partial charge in [0.25, 0.3) is 10.0 Å². The number of rotatable bonds is 6. The summed E-state index contributed by atoms with van der Waals surface area (Å²) in [4.78, 5) is 7.01. The standard InChI is InChI=1S/C19H15Cl2F2N3O3S/c20-13-5-10(1-3-15(13)22)18(11-2-4-16(23)14(21)6-11)19-24-7-17(25-19)30(27,28)26-12-8-29-9-12/h1-7,12,18,26H,8-9H2,(H,24,25). The van der Waals surface area contributed by atoms with Gasteiger partial charge in [0, 0.05) is 0 Å². The first kappa shape index (κ1) is 21.2. The molecular formula is C19H15Cl2F2N3O3S. The minimum atomic E-state index is -3.85. The Bertz CT molecular complexity index is 1150. The molecular weight excluding hydrogens is 459 g/mol. The van der Waals surface area contributed by atoms with Gasteiger partial charge in [-0.3, -0.25) is 0 Å². The molecule has 6 nitrogen and oxygen atoms in total. The van der Waals surface area contributed by atoms with Crippen molar-refractivity contribution in [3.63, 3.8) is 0 Å². The lowest BCUT2D eigenvalue weighted by atomic mass is 9.90. The van der Waals surface area contributed by atoms with Crippen LogP contribution >= 0.6 is 23.2 Å². The normalized spacial score (nSPS) is 14.8. The first-order chi connectivity index (χ1) is 14.2. The fourth-order valence-electron chi connectivity index (χ4n) is 3.08. The van der Waals surface area contributed by atoms with E-state index >= 15 is 0 Å². The van der Waals surface area contributed by atoms with Crippen LogP contribution < -0.4 is 4.72 Å². The zero-order valence-electron chi connectivity index (χ0n) is 15.2. The van der Waals surface area contributed by atoms with E-state index in [0.29, 0.717) is 24.3 Å². The number of imidazole rings is 1. The van der Waals surface area contributed by atoms with E-state index in [1.807, 2.05) is 0 Å². The molecule has 1 fully saturated rings. The molecule has 1 aromatic heterocycles. The van der Waals surface area contributed by atoms with E-state index in [1.165, 1.54) is 42.6 Å². The molecule has 0 aliphatic carbocycles. The van der Waals surface area contributed by atoms with Crippen molar-refractivity contribution in [2.75, 3.05) is 13.2 Å². The number of hydrogen-bond donors (Lipinski definition) is 2. The average Bonchev–Trinajstić information content (AvgIpc) is 3.15. The quantitative estimate of drug-likeness (QED) is 0.569. The van der Waals surface area contributed by atoms with E-state index in [0.717, 1.165) is 0 Å². The van der Waals surface area contributed by atoms with Crippen molar-refractivity contribution in [3.05, 3.63) is 81.2 Å². The van der Waals surface area contributed by atoms with Gasteiger partial charge < -0.3 is 9.72 Å². The number of halogens is 4. The maximum absolute atomic E-state index is 13.7. The average molecular weight is 474 g/mol. The Hall–Kier alpha value is -2.04. The van der Waals surface area contributed by atoms with Crippen LogP contribution in [-0.2, 0) is 14.8 Å². The summed E-state index contributed by atoms with van der Waals surface area (Å²) in [5, 5.41) is -0.371. The molecule has 0 unspecified atom stereocenters. The highest BCUT2D eigenvalue weighted by molar-refractivity contribution is 7.89. The van der Waals surface area contributed by atoms with Crippen LogP contribution in [0.4, 0.5) is 8.78 Å². The third kappa shape index (κ3) is 4.21. The lowest BCUT2D eigenvalue weighted by Gasteiger charge is -2.26. The summed E-state index contributed by atoms with van der Waals surface area (Å²) in [5.41, 5.74) is 1.03. The zero-order chi connectivity index (χ0) is 21.5. The number of hydrogen-bond acceptors (Lipinski definition) is 4. The van der Waals surface area contributed by atoms with Crippen LogP contribution in [0.15, 0.2) is 47.6 Å². The molecule has 2 aromatic carbocycles. The number of nitrogens with zero attached hydrogens (tertiary/aromatic N) is 1. The molecule has 1 aliphatic rings. The predicted octanol–water partition coefficient (Wildman–Crippen LogP) is 3.85. The van der Waals surface area contributed by atoms with Crippen LogP contribution in [0.5, 0.6) is 0 Å². The number of aromatic amines is 1. The zero-order valence-corrected chi connectivity index (χ0v) is 17.5.